The first kappa shape index (κ1) is 15.9. The van der Waals surface area contributed by atoms with Crippen molar-refractivity contribution in [1.29, 1.82) is 0 Å². The van der Waals surface area contributed by atoms with Crippen LogP contribution in [0.3, 0.4) is 0 Å². The summed E-state index contributed by atoms with van der Waals surface area (Å²) in [5.74, 6) is -0.140. The summed E-state index contributed by atoms with van der Waals surface area (Å²) in [7, 11) is 0. The van der Waals surface area contributed by atoms with Crippen molar-refractivity contribution in [2.45, 2.75) is 19.8 Å². The summed E-state index contributed by atoms with van der Waals surface area (Å²) in [6.07, 6.45) is 4.62. The van der Waals surface area contributed by atoms with E-state index < -0.39 is 0 Å². The van der Waals surface area contributed by atoms with Crippen LogP contribution in [0.15, 0.2) is 53.9 Å². The minimum absolute atomic E-state index is 0.164. The number of carbonyl (C=O) groups is 2. The van der Waals surface area contributed by atoms with Crippen LogP contribution in [0.2, 0.25) is 0 Å². The minimum atomic E-state index is -0.304. The van der Waals surface area contributed by atoms with E-state index in [9.17, 15) is 9.59 Å². The number of benzene rings is 1. The number of hydrogen-bond acceptors (Lipinski definition) is 4. The molecule has 1 aromatic carbocycles. The zero-order valence-corrected chi connectivity index (χ0v) is 13.4. The zero-order chi connectivity index (χ0) is 16.9. The molecule has 24 heavy (non-hydrogen) atoms. The van der Waals surface area contributed by atoms with E-state index in [1.54, 1.807) is 23.2 Å². The molecule has 1 aromatic heterocycles. The third-order valence-electron chi connectivity index (χ3n) is 3.92. The van der Waals surface area contributed by atoms with Crippen molar-refractivity contribution < 1.29 is 9.59 Å². The van der Waals surface area contributed by atoms with Gasteiger partial charge < -0.3 is 4.90 Å². The van der Waals surface area contributed by atoms with Gasteiger partial charge in [0.1, 0.15) is 0 Å². The van der Waals surface area contributed by atoms with Crippen molar-refractivity contribution in [2.75, 3.05) is 11.4 Å². The van der Waals surface area contributed by atoms with Gasteiger partial charge in [-0.25, -0.2) is 5.43 Å². The number of nitrogens with one attached hydrogen (secondary N) is 1. The molecule has 1 aliphatic heterocycles. The molecule has 0 unspecified atom stereocenters. The number of hydrogen-bond donors (Lipinski definition) is 1. The molecule has 0 radical (unpaired) electrons. The first-order chi connectivity index (χ1) is 11.6. The van der Waals surface area contributed by atoms with Crippen molar-refractivity contribution in [2.24, 2.45) is 5.10 Å². The largest absolute Gasteiger partial charge is 0.312 e. The Labute approximate surface area is 140 Å². The number of aromatic nitrogens is 1. The van der Waals surface area contributed by atoms with Crippen LogP contribution < -0.4 is 10.3 Å². The number of pyridine rings is 1. The molecule has 2 amide bonds. The van der Waals surface area contributed by atoms with Gasteiger partial charge in [0.15, 0.2) is 0 Å². The topological polar surface area (TPSA) is 74.7 Å². The van der Waals surface area contributed by atoms with Crippen molar-refractivity contribution in [3.63, 3.8) is 0 Å². The molecule has 2 aromatic rings. The number of nitrogens with zero attached hydrogens (tertiary/aromatic N) is 3. The normalized spacial score (nSPS) is 14.8. The van der Waals surface area contributed by atoms with Crippen LogP contribution in [0.5, 0.6) is 0 Å². The summed E-state index contributed by atoms with van der Waals surface area (Å²) in [4.78, 5) is 29.4. The molecule has 122 valence electrons. The predicted molar refractivity (Wildman–Crippen MR) is 91.9 cm³/mol. The maximum absolute atomic E-state index is 11.9. The Balaban J connectivity index is 1.67. The quantitative estimate of drug-likeness (QED) is 0.693. The van der Waals surface area contributed by atoms with Gasteiger partial charge in [0, 0.05) is 31.0 Å². The first-order valence-corrected chi connectivity index (χ1v) is 7.80. The Hall–Kier alpha value is -3.02. The fourth-order valence-electron chi connectivity index (χ4n) is 2.56. The number of amides is 2. The molecule has 0 bridgehead atoms. The van der Waals surface area contributed by atoms with E-state index in [1.807, 2.05) is 31.2 Å². The standard InChI is InChI=1S/C18H18N4O2/c1-13(20-21-18(24)15-4-2-10-19-12-15)14-6-8-16(9-7-14)22-11-3-5-17(22)23/h2,4,6-10,12H,3,5,11H2,1H3,(H,21,24)/b20-13-. The van der Waals surface area contributed by atoms with E-state index in [0.29, 0.717) is 17.7 Å². The Kier molecular flexibility index (Phi) is 4.65. The van der Waals surface area contributed by atoms with Gasteiger partial charge in [-0.1, -0.05) is 12.1 Å². The van der Waals surface area contributed by atoms with Crippen LogP contribution in [0.4, 0.5) is 5.69 Å². The van der Waals surface area contributed by atoms with Crippen LogP contribution in [-0.4, -0.2) is 29.1 Å². The average molecular weight is 322 g/mol. The highest BCUT2D eigenvalue weighted by atomic mass is 16.2. The molecule has 1 saturated heterocycles. The summed E-state index contributed by atoms with van der Waals surface area (Å²) < 4.78 is 0. The van der Waals surface area contributed by atoms with Crippen molar-refractivity contribution in [3.8, 4) is 0 Å². The second-order valence-corrected chi connectivity index (χ2v) is 5.58. The van der Waals surface area contributed by atoms with E-state index in [0.717, 1.165) is 24.2 Å². The minimum Gasteiger partial charge on any atom is -0.312 e. The Morgan fingerprint density at radius 3 is 2.62 bits per heavy atom. The van der Waals surface area contributed by atoms with E-state index >= 15 is 0 Å². The molecule has 1 N–H and O–H groups in total. The fraction of sp³-hybridized carbons (Fsp3) is 0.222. The van der Waals surface area contributed by atoms with Gasteiger partial charge in [-0.05, 0) is 43.2 Å². The highest BCUT2D eigenvalue weighted by Crippen LogP contribution is 2.21. The number of rotatable bonds is 4. The summed E-state index contributed by atoms with van der Waals surface area (Å²) >= 11 is 0. The van der Waals surface area contributed by atoms with Crippen LogP contribution in [-0.2, 0) is 4.79 Å². The second-order valence-electron chi connectivity index (χ2n) is 5.58. The van der Waals surface area contributed by atoms with E-state index in [1.165, 1.54) is 6.20 Å². The van der Waals surface area contributed by atoms with Crippen molar-refractivity contribution in [1.82, 2.24) is 10.4 Å². The summed E-state index contributed by atoms with van der Waals surface area (Å²) in [6, 6.07) is 11.0. The maximum atomic E-state index is 11.9. The lowest BCUT2D eigenvalue weighted by Gasteiger charge is -2.15. The van der Waals surface area contributed by atoms with Crippen LogP contribution in [0, 0.1) is 0 Å². The molecule has 2 heterocycles. The fourth-order valence-corrected chi connectivity index (χ4v) is 2.56. The highest BCUT2D eigenvalue weighted by Gasteiger charge is 2.21. The van der Waals surface area contributed by atoms with Gasteiger partial charge in [0.05, 0.1) is 11.3 Å². The van der Waals surface area contributed by atoms with Crippen molar-refractivity contribution in [3.05, 3.63) is 59.9 Å². The maximum Gasteiger partial charge on any atom is 0.272 e. The van der Waals surface area contributed by atoms with Crippen LogP contribution in [0.25, 0.3) is 0 Å². The third kappa shape index (κ3) is 3.48. The average Bonchev–Trinajstić information content (AvgIpc) is 3.06. The van der Waals surface area contributed by atoms with Gasteiger partial charge in [-0.2, -0.15) is 5.10 Å². The summed E-state index contributed by atoms with van der Waals surface area (Å²) in [5.41, 5.74) is 5.44. The van der Waals surface area contributed by atoms with Crippen LogP contribution >= 0.6 is 0 Å². The lowest BCUT2D eigenvalue weighted by atomic mass is 10.1. The van der Waals surface area contributed by atoms with Gasteiger partial charge >= 0.3 is 0 Å². The Morgan fingerprint density at radius 1 is 1.21 bits per heavy atom. The lowest BCUT2D eigenvalue weighted by molar-refractivity contribution is -0.117. The van der Waals surface area contributed by atoms with E-state index in [2.05, 4.69) is 15.5 Å². The molecule has 6 heteroatoms. The molecule has 0 spiro atoms. The molecule has 1 fully saturated rings. The molecular weight excluding hydrogens is 304 g/mol. The lowest BCUT2D eigenvalue weighted by Crippen LogP contribution is -2.23. The Morgan fingerprint density at radius 2 is 2.00 bits per heavy atom. The number of anilines is 1. The van der Waals surface area contributed by atoms with Crippen molar-refractivity contribution >= 4 is 23.2 Å². The predicted octanol–water partition coefficient (Wildman–Crippen LogP) is 2.36. The van der Waals surface area contributed by atoms with Gasteiger partial charge in [-0.3, -0.25) is 14.6 Å². The SMILES string of the molecule is C/C(=N/NC(=O)c1cccnc1)c1ccc(N2CCCC2=O)cc1. The number of carbonyl (C=O) groups excluding carboxylic acids is 2. The molecule has 6 nitrogen and oxygen atoms in total. The summed E-state index contributed by atoms with van der Waals surface area (Å²) in [6.45, 7) is 2.59. The molecule has 1 aliphatic rings. The molecular formula is C18H18N4O2. The number of hydrazone groups is 1. The van der Waals surface area contributed by atoms with Crippen LogP contribution in [0.1, 0.15) is 35.7 Å². The third-order valence-corrected chi connectivity index (χ3v) is 3.92. The highest BCUT2D eigenvalue weighted by molar-refractivity contribution is 6.01. The molecule has 0 aliphatic carbocycles. The molecule has 0 atom stereocenters. The molecule has 0 saturated carbocycles. The summed E-state index contributed by atoms with van der Waals surface area (Å²) in [5, 5.41) is 4.12. The Bertz CT molecular complexity index is 769. The van der Waals surface area contributed by atoms with E-state index in [-0.39, 0.29) is 11.8 Å². The van der Waals surface area contributed by atoms with Gasteiger partial charge in [0.2, 0.25) is 5.91 Å². The van der Waals surface area contributed by atoms with Gasteiger partial charge in [0.25, 0.3) is 5.91 Å². The van der Waals surface area contributed by atoms with Gasteiger partial charge in [-0.15, -0.1) is 0 Å². The molecule has 3 rings (SSSR count). The second kappa shape index (κ2) is 7.04. The first-order valence-electron chi connectivity index (χ1n) is 7.80. The zero-order valence-electron chi connectivity index (χ0n) is 13.4. The smallest absolute Gasteiger partial charge is 0.272 e. The van der Waals surface area contributed by atoms with E-state index in [4.69, 9.17) is 0 Å². The monoisotopic (exact) mass is 322 g/mol.